The van der Waals surface area contributed by atoms with Crippen molar-refractivity contribution in [2.24, 2.45) is 4.99 Å². The third kappa shape index (κ3) is 5.88. The molecule has 1 fully saturated rings. The summed E-state index contributed by atoms with van der Waals surface area (Å²) in [7, 11) is 1.79. The second-order valence-corrected chi connectivity index (χ2v) is 5.84. The molecule has 8 heteroatoms. The number of hydrogen-bond donors (Lipinski definition) is 2. The number of carbonyl (C=O) groups excluding carboxylic acids is 1. The first-order valence-electron chi connectivity index (χ1n) is 8.36. The van der Waals surface area contributed by atoms with Crippen LogP contribution in [0.4, 0.5) is 8.78 Å². The number of likely N-dealkylation sites (tertiary alicyclic amines) is 1. The van der Waals surface area contributed by atoms with Crippen LogP contribution in [0, 0.1) is 11.6 Å². The van der Waals surface area contributed by atoms with Gasteiger partial charge in [-0.05, 0) is 25.5 Å². The first-order chi connectivity index (χ1) is 12.0. The lowest BCUT2D eigenvalue weighted by atomic mass is 10.1. The van der Waals surface area contributed by atoms with Gasteiger partial charge in [0.2, 0.25) is 5.91 Å². The molecule has 138 valence electrons. The van der Waals surface area contributed by atoms with Gasteiger partial charge in [-0.25, -0.2) is 13.8 Å². The number of guanidine groups is 1. The van der Waals surface area contributed by atoms with E-state index in [1.807, 2.05) is 6.92 Å². The van der Waals surface area contributed by atoms with Crippen LogP contribution in [-0.4, -0.2) is 56.1 Å². The molecule has 1 aromatic carbocycles. The minimum Gasteiger partial charge on any atom is -0.492 e. The Kier molecular flexibility index (Phi) is 6.97. The van der Waals surface area contributed by atoms with E-state index in [1.165, 1.54) is 6.07 Å². The summed E-state index contributed by atoms with van der Waals surface area (Å²) < 4.78 is 31.3. The summed E-state index contributed by atoms with van der Waals surface area (Å²) in [5.74, 6) is -0.782. The molecule has 1 saturated heterocycles. The average molecular weight is 354 g/mol. The van der Waals surface area contributed by atoms with E-state index in [9.17, 15) is 13.6 Å². The van der Waals surface area contributed by atoms with Crippen LogP contribution < -0.4 is 15.4 Å². The minimum atomic E-state index is -0.938. The van der Waals surface area contributed by atoms with Gasteiger partial charge in [0.15, 0.2) is 17.6 Å². The summed E-state index contributed by atoms with van der Waals surface area (Å²) >= 11 is 0. The SMILES string of the molecule is CCNC(=NCCOc1ccc(F)c(F)c1)NC1CCC(=O)N(C)C1. The molecule has 6 nitrogen and oxygen atoms in total. The van der Waals surface area contributed by atoms with Crippen molar-refractivity contribution in [1.29, 1.82) is 0 Å². The molecular formula is C17H24F2N4O2. The molecule has 1 unspecified atom stereocenters. The van der Waals surface area contributed by atoms with Crippen molar-refractivity contribution in [3.63, 3.8) is 0 Å². The third-order valence-electron chi connectivity index (χ3n) is 3.83. The van der Waals surface area contributed by atoms with Gasteiger partial charge < -0.3 is 20.3 Å². The maximum atomic E-state index is 13.1. The molecule has 1 aromatic rings. The Morgan fingerprint density at radius 2 is 2.20 bits per heavy atom. The van der Waals surface area contributed by atoms with Gasteiger partial charge in [-0.3, -0.25) is 4.79 Å². The average Bonchev–Trinajstić information content (AvgIpc) is 2.58. The van der Waals surface area contributed by atoms with Crippen molar-refractivity contribution >= 4 is 11.9 Å². The molecule has 2 N–H and O–H groups in total. The van der Waals surface area contributed by atoms with Crippen LogP contribution >= 0.6 is 0 Å². The number of piperidine rings is 1. The molecule has 0 radical (unpaired) electrons. The molecule has 1 atom stereocenters. The number of ether oxygens (including phenoxy) is 1. The standard InChI is InChI=1S/C17H24F2N4O2/c1-3-20-17(22-12-4-7-16(24)23(2)11-12)21-8-9-25-13-5-6-14(18)15(19)10-13/h5-6,10,12H,3-4,7-9,11H2,1-2H3,(H2,20,21,22). The molecule has 1 heterocycles. The van der Waals surface area contributed by atoms with E-state index in [0.29, 0.717) is 32.0 Å². The van der Waals surface area contributed by atoms with Gasteiger partial charge in [0.1, 0.15) is 12.4 Å². The molecule has 0 aliphatic carbocycles. The fourth-order valence-corrected chi connectivity index (χ4v) is 2.53. The van der Waals surface area contributed by atoms with E-state index >= 15 is 0 Å². The van der Waals surface area contributed by atoms with E-state index in [0.717, 1.165) is 18.6 Å². The van der Waals surface area contributed by atoms with Crippen LogP contribution in [0.2, 0.25) is 0 Å². The number of aliphatic imine (C=N–C) groups is 1. The van der Waals surface area contributed by atoms with E-state index in [2.05, 4.69) is 15.6 Å². The lowest BCUT2D eigenvalue weighted by Crippen LogP contribution is -2.51. The number of nitrogens with zero attached hydrogens (tertiary/aromatic N) is 2. The van der Waals surface area contributed by atoms with Gasteiger partial charge >= 0.3 is 0 Å². The zero-order valence-corrected chi connectivity index (χ0v) is 14.5. The minimum absolute atomic E-state index is 0.146. The monoisotopic (exact) mass is 354 g/mol. The van der Waals surface area contributed by atoms with E-state index in [-0.39, 0.29) is 24.3 Å². The summed E-state index contributed by atoms with van der Waals surface area (Å²) in [6.45, 7) is 3.90. The highest BCUT2D eigenvalue weighted by Crippen LogP contribution is 2.15. The predicted molar refractivity (Wildman–Crippen MR) is 91.6 cm³/mol. The number of amides is 1. The van der Waals surface area contributed by atoms with Crippen molar-refractivity contribution in [3.05, 3.63) is 29.8 Å². The normalized spacial score (nSPS) is 18.2. The lowest BCUT2D eigenvalue weighted by Gasteiger charge is -2.31. The van der Waals surface area contributed by atoms with Crippen LogP contribution in [0.25, 0.3) is 0 Å². The number of benzene rings is 1. The number of rotatable bonds is 6. The number of hydrogen-bond acceptors (Lipinski definition) is 3. The van der Waals surface area contributed by atoms with Gasteiger partial charge in [-0.15, -0.1) is 0 Å². The Bertz CT molecular complexity index is 625. The van der Waals surface area contributed by atoms with Gasteiger partial charge in [0, 0.05) is 38.7 Å². The second kappa shape index (κ2) is 9.19. The summed E-state index contributed by atoms with van der Waals surface area (Å²) in [6.07, 6.45) is 1.28. The third-order valence-corrected chi connectivity index (χ3v) is 3.83. The topological polar surface area (TPSA) is 66.0 Å². The van der Waals surface area contributed by atoms with Crippen LogP contribution in [0.5, 0.6) is 5.75 Å². The Morgan fingerprint density at radius 3 is 2.88 bits per heavy atom. The van der Waals surface area contributed by atoms with Crippen LogP contribution in [0.15, 0.2) is 23.2 Å². The fourth-order valence-electron chi connectivity index (χ4n) is 2.53. The first-order valence-corrected chi connectivity index (χ1v) is 8.36. The molecule has 1 amide bonds. The Labute approximate surface area is 146 Å². The number of halogens is 2. The molecule has 0 aromatic heterocycles. The first kappa shape index (κ1) is 19.0. The molecule has 1 aliphatic rings. The number of carbonyl (C=O) groups is 1. The second-order valence-electron chi connectivity index (χ2n) is 5.84. The molecule has 2 rings (SSSR count). The molecule has 25 heavy (non-hydrogen) atoms. The Balaban J connectivity index is 1.82. The zero-order valence-electron chi connectivity index (χ0n) is 14.5. The summed E-state index contributed by atoms with van der Waals surface area (Å²) in [5, 5.41) is 6.44. The van der Waals surface area contributed by atoms with E-state index in [4.69, 9.17) is 4.74 Å². The lowest BCUT2D eigenvalue weighted by molar-refractivity contribution is -0.132. The smallest absolute Gasteiger partial charge is 0.222 e. The van der Waals surface area contributed by atoms with Crippen molar-refractivity contribution < 1.29 is 18.3 Å². The van der Waals surface area contributed by atoms with Crippen LogP contribution in [-0.2, 0) is 4.79 Å². The quantitative estimate of drug-likeness (QED) is 0.462. The van der Waals surface area contributed by atoms with E-state index in [1.54, 1.807) is 11.9 Å². The van der Waals surface area contributed by atoms with Crippen molar-refractivity contribution in [2.45, 2.75) is 25.8 Å². The molecule has 0 saturated carbocycles. The fraction of sp³-hybridized carbons (Fsp3) is 0.529. The van der Waals surface area contributed by atoms with Crippen molar-refractivity contribution in [1.82, 2.24) is 15.5 Å². The maximum absolute atomic E-state index is 13.1. The summed E-state index contributed by atoms with van der Waals surface area (Å²) in [5.41, 5.74) is 0. The van der Waals surface area contributed by atoms with Crippen molar-refractivity contribution in [3.8, 4) is 5.75 Å². The maximum Gasteiger partial charge on any atom is 0.222 e. The predicted octanol–water partition coefficient (Wildman–Crippen LogP) is 1.52. The highest BCUT2D eigenvalue weighted by atomic mass is 19.2. The largest absolute Gasteiger partial charge is 0.492 e. The Hall–Kier alpha value is -2.38. The van der Waals surface area contributed by atoms with Gasteiger partial charge in [-0.1, -0.05) is 0 Å². The molecular weight excluding hydrogens is 330 g/mol. The van der Waals surface area contributed by atoms with Gasteiger partial charge in [-0.2, -0.15) is 0 Å². The van der Waals surface area contributed by atoms with Crippen molar-refractivity contribution in [2.75, 3.05) is 33.3 Å². The number of likely N-dealkylation sites (N-methyl/N-ethyl adjacent to an activating group) is 1. The summed E-state index contributed by atoms with van der Waals surface area (Å²) in [6, 6.07) is 3.56. The molecule has 0 spiro atoms. The Morgan fingerprint density at radius 1 is 1.40 bits per heavy atom. The zero-order chi connectivity index (χ0) is 18.2. The highest BCUT2D eigenvalue weighted by molar-refractivity contribution is 5.81. The number of nitrogens with one attached hydrogen (secondary N) is 2. The van der Waals surface area contributed by atoms with E-state index < -0.39 is 11.6 Å². The molecule has 0 bridgehead atoms. The summed E-state index contributed by atoms with van der Waals surface area (Å²) in [4.78, 5) is 17.6. The van der Waals surface area contributed by atoms with Crippen LogP contribution in [0.1, 0.15) is 19.8 Å². The highest BCUT2D eigenvalue weighted by Gasteiger charge is 2.23. The van der Waals surface area contributed by atoms with Crippen LogP contribution in [0.3, 0.4) is 0 Å². The van der Waals surface area contributed by atoms with Gasteiger partial charge in [0.05, 0.1) is 6.54 Å². The van der Waals surface area contributed by atoms with Gasteiger partial charge in [0.25, 0.3) is 0 Å². The molecule has 1 aliphatic heterocycles.